The number of anilines is 2. The predicted molar refractivity (Wildman–Crippen MR) is 121 cm³/mol. The molecule has 150 valence electrons. The maximum atomic E-state index is 11.9. The molecule has 0 fully saturated rings. The first-order valence-corrected chi connectivity index (χ1v) is 9.29. The summed E-state index contributed by atoms with van der Waals surface area (Å²) in [5.74, 6) is 0.232. The molecule has 4 N–H and O–H groups in total. The fourth-order valence-corrected chi connectivity index (χ4v) is 2.66. The van der Waals surface area contributed by atoms with Gasteiger partial charge in [-0.1, -0.05) is 31.2 Å². The number of benzene rings is 2. The van der Waals surface area contributed by atoms with Gasteiger partial charge in [0.2, 0.25) is 0 Å². The van der Waals surface area contributed by atoms with E-state index in [0.717, 1.165) is 23.4 Å². The lowest BCUT2D eigenvalue weighted by atomic mass is 10.1. The first-order chi connectivity index (χ1) is 14.0. The summed E-state index contributed by atoms with van der Waals surface area (Å²) in [6.07, 6.45) is 7.73. The lowest BCUT2D eigenvalue weighted by molar-refractivity contribution is 0.0600. The molecule has 0 saturated heterocycles. The molecule has 0 amide bonds. The van der Waals surface area contributed by atoms with Gasteiger partial charge >= 0.3 is 5.97 Å². The average molecular weight is 390 g/mol. The van der Waals surface area contributed by atoms with Crippen LogP contribution in [0.25, 0.3) is 5.70 Å². The number of hydrogen-bond acceptors (Lipinski definition) is 5. The predicted octanol–water partition coefficient (Wildman–Crippen LogP) is 4.89. The number of nitrogens with zero attached hydrogens (tertiary/aromatic N) is 1. The molecule has 2 aromatic rings. The molecule has 29 heavy (non-hydrogen) atoms. The van der Waals surface area contributed by atoms with Crippen molar-refractivity contribution in [2.24, 2.45) is 4.99 Å². The molecule has 0 atom stereocenters. The van der Waals surface area contributed by atoms with Crippen LogP contribution in [0.2, 0.25) is 0 Å². The van der Waals surface area contributed by atoms with E-state index in [4.69, 9.17) is 20.9 Å². The van der Waals surface area contributed by atoms with Crippen LogP contribution in [0, 0.1) is 5.41 Å². The quantitative estimate of drug-likeness (QED) is 0.271. The number of ether oxygens (including phenoxy) is 1. The largest absolute Gasteiger partial charge is 0.465 e. The van der Waals surface area contributed by atoms with Gasteiger partial charge in [0.15, 0.2) is 0 Å². The van der Waals surface area contributed by atoms with Gasteiger partial charge in [0, 0.05) is 28.7 Å². The number of rotatable bonds is 7. The maximum Gasteiger partial charge on any atom is 0.337 e. The third kappa shape index (κ3) is 5.90. The number of nitrogens with two attached hydrogens (primary N) is 1. The van der Waals surface area contributed by atoms with E-state index < -0.39 is 0 Å². The van der Waals surface area contributed by atoms with Gasteiger partial charge < -0.3 is 21.2 Å². The van der Waals surface area contributed by atoms with Crippen LogP contribution in [-0.4, -0.2) is 25.1 Å². The topological polar surface area (TPSA) is 101 Å². The Morgan fingerprint density at radius 2 is 2.00 bits per heavy atom. The van der Waals surface area contributed by atoms with Crippen LogP contribution in [0.15, 0.2) is 65.7 Å². The molecule has 0 aromatic heterocycles. The van der Waals surface area contributed by atoms with Crippen molar-refractivity contribution in [3.05, 3.63) is 77.4 Å². The van der Waals surface area contributed by atoms with E-state index in [1.165, 1.54) is 13.3 Å². The second-order valence-corrected chi connectivity index (χ2v) is 6.18. The van der Waals surface area contributed by atoms with E-state index in [9.17, 15) is 4.79 Å². The zero-order valence-electron chi connectivity index (χ0n) is 16.9. The van der Waals surface area contributed by atoms with E-state index in [-0.39, 0.29) is 5.97 Å². The van der Waals surface area contributed by atoms with Crippen LogP contribution in [0.1, 0.15) is 41.8 Å². The van der Waals surface area contributed by atoms with Crippen LogP contribution in [0.3, 0.4) is 0 Å². The lowest BCUT2D eigenvalue weighted by Crippen LogP contribution is -2.10. The zero-order valence-corrected chi connectivity index (χ0v) is 16.9. The molecule has 0 saturated carbocycles. The third-order valence-corrected chi connectivity index (χ3v) is 4.06. The van der Waals surface area contributed by atoms with Crippen molar-refractivity contribution in [2.75, 3.05) is 18.2 Å². The average Bonchev–Trinajstić information content (AvgIpc) is 2.74. The van der Waals surface area contributed by atoms with E-state index in [1.807, 2.05) is 44.2 Å². The fourth-order valence-electron chi connectivity index (χ4n) is 2.66. The van der Waals surface area contributed by atoms with Gasteiger partial charge in [-0.25, -0.2) is 9.79 Å². The van der Waals surface area contributed by atoms with Crippen molar-refractivity contribution in [3.63, 3.8) is 0 Å². The van der Waals surface area contributed by atoms with Gasteiger partial charge in [-0.05, 0) is 49.8 Å². The molecule has 2 rings (SSSR count). The van der Waals surface area contributed by atoms with E-state index in [2.05, 4.69) is 5.32 Å². The van der Waals surface area contributed by atoms with Crippen LogP contribution in [-0.2, 0) is 4.74 Å². The number of esters is 1. The number of hydrogen-bond donors (Lipinski definition) is 3. The summed E-state index contributed by atoms with van der Waals surface area (Å²) in [5, 5.41) is 10.7. The first kappa shape index (κ1) is 21.6. The number of nitrogens with one attached hydrogen (secondary N) is 2. The van der Waals surface area contributed by atoms with Gasteiger partial charge in [-0.2, -0.15) is 0 Å². The van der Waals surface area contributed by atoms with Gasteiger partial charge in [-0.3, -0.25) is 0 Å². The molecule has 0 unspecified atom stereocenters. The lowest BCUT2D eigenvalue weighted by Gasteiger charge is -2.11. The standard InChI is InChI=1S/C23H26N4O2/c1-4-7-21(16-9-6-10-17(13-16)23(28)29-3)27-22(8-5-2)26-19-11-12-20(25)18(14-19)15-24/h5-15,24H,4,25H2,1-3H3,(H,26,27)/b8-5-,21-7+,24-15?. The van der Waals surface area contributed by atoms with Crippen LogP contribution < -0.4 is 11.1 Å². The molecule has 0 bridgehead atoms. The van der Waals surface area contributed by atoms with Crippen LogP contribution >= 0.6 is 0 Å². The first-order valence-electron chi connectivity index (χ1n) is 9.29. The highest BCUT2D eigenvalue weighted by molar-refractivity contribution is 6.07. The minimum atomic E-state index is -0.389. The Bertz CT molecular complexity index is 975. The van der Waals surface area contributed by atoms with Crippen LogP contribution in [0.5, 0.6) is 0 Å². The van der Waals surface area contributed by atoms with Gasteiger partial charge in [-0.15, -0.1) is 0 Å². The number of carbonyl (C=O) groups is 1. The van der Waals surface area contributed by atoms with Gasteiger partial charge in [0.05, 0.1) is 18.4 Å². The molecule has 0 radical (unpaired) electrons. The Labute approximate surface area is 171 Å². The summed E-state index contributed by atoms with van der Waals surface area (Å²) in [7, 11) is 1.36. The summed E-state index contributed by atoms with van der Waals surface area (Å²) in [6, 6.07) is 12.6. The second kappa shape index (κ2) is 10.6. The number of carbonyl (C=O) groups excluding carboxylic acids is 1. The van der Waals surface area contributed by atoms with Crippen LogP contribution in [0.4, 0.5) is 11.4 Å². The van der Waals surface area contributed by atoms with Crippen molar-refractivity contribution < 1.29 is 9.53 Å². The zero-order chi connectivity index (χ0) is 21.2. The molecule has 0 aliphatic carbocycles. The number of nitrogen functional groups attached to an aromatic ring is 1. The molecular weight excluding hydrogens is 364 g/mol. The molecular formula is C23H26N4O2. The smallest absolute Gasteiger partial charge is 0.337 e. The highest BCUT2D eigenvalue weighted by atomic mass is 16.5. The Morgan fingerprint density at radius 1 is 1.24 bits per heavy atom. The SMILES string of the molecule is C\C=C/C(=N/C(=C/CC)c1cccc(C(=O)OC)c1)Nc1ccc(N)c(C=N)c1. The molecule has 2 aromatic carbocycles. The van der Waals surface area contributed by atoms with E-state index in [0.29, 0.717) is 22.6 Å². The molecule has 0 aliphatic rings. The minimum Gasteiger partial charge on any atom is -0.465 e. The minimum absolute atomic E-state index is 0.389. The second-order valence-electron chi connectivity index (χ2n) is 6.18. The molecule has 0 heterocycles. The van der Waals surface area contributed by atoms with Crippen molar-refractivity contribution in [2.45, 2.75) is 20.3 Å². The maximum absolute atomic E-state index is 11.9. The molecule has 6 heteroatoms. The van der Waals surface area contributed by atoms with Gasteiger partial charge in [0.25, 0.3) is 0 Å². The van der Waals surface area contributed by atoms with Crippen molar-refractivity contribution in [1.82, 2.24) is 0 Å². The Balaban J connectivity index is 2.43. The molecule has 6 nitrogen and oxygen atoms in total. The summed E-state index contributed by atoms with van der Waals surface area (Å²) in [5.41, 5.74) is 9.83. The number of amidine groups is 1. The highest BCUT2D eigenvalue weighted by Crippen LogP contribution is 2.21. The number of methoxy groups -OCH3 is 1. The normalized spacial score (nSPS) is 12.1. The van der Waals surface area contributed by atoms with Crippen molar-refractivity contribution in [3.8, 4) is 0 Å². The van der Waals surface area contributed by atoms with E-state index >= 15 is 0 Å². The Kier molecular flexibility index (Phi) is 7.91. The summed E-state index contributed by atoms with van der Waals surface area (Å²) in [6.45, 7) is 3.93. The summed E-state index contributed by atoms with van der Waals surface area (Å²) in [4.78, 5) is 16.6. The fraction of sp³-hybridized carbons (Fsp3) is 0.174. The van der Waals surface area contributed by atoms with E-state index in [1.54, 1.807) is 30.3 Å². The number of aliphatic imine (C=N–C) groups is 1. The summed E-state index contributed by atoms with van der Waals surface area (Å²) >= 11 is 0. The van der Waals surface area contributed by atoms with Crippen molar-refractivity contribution >= 4 is 35.1 Å². The van der Waals surface area contributed by atoms with Crippen molar-refractivity contribution in [1.29, 1.82) is 5.41 Å². The summed E-state index contributed by atoms with van der Waals surface area (Å²) < 4.78 is 4.81. The monoisotopic (exact) mass is 390 g/mol. The Hall–Kier alpha value is -3.67. The highest BCUT2D eigenvalue weighted by Gasteiger charge is 2.09. The van der Waals surface area contributed by atoms with Gasteiger partial charge in [0.1, 0.15) is 5.84 Å². The third-order valence-electron chi connectivity index (χ3n) is 4.06. The molecule has 0 spiro atoms. The Morgan fingerprint density at radius 3 is 2.66 bits per heavy atom. The number of allylic oxidation sites excluding steroid dienone is 2. The molecule has 0 aliphatic heterocycles.